The molecule has 15 bridgehead atoms. The summed E-state index contributed by atoms with van der Waals surface area (Å²) >= 11 is 14.6. The average Bonchev–Trinajstić information content (AvgIpc) is 0.747. The van der Waals surface area contributed by atoms with Crippen molar-refractivity contribution >= 4 is 87.7 Å². The second-order valence-electron chi connectivity index (χ2n) is 36.9. The molecule has 6 fully saturated rings. The largest absolute Gasteiger partial charge is 0.507 e. The number of unbranched alkanes of at least 4 members (excludes halogenated alkanes) is 1. The Bertz CT molecular complexity index is 5300. The molecule has 0 radical (unpaired) electrons. The van der Waals surface area contributed by atoms with E-state index in [-0.39, 0.29) is 122 Å². The zero-order chi connectivity index (χ0) is 96.0. The fourth-order valence-electron chi connectivity index (χ4n) is 19.9. The normalized spacial score (nSPS) is 29.2. The van der Waals surface area contributed by atoms with Crippen LogP contribution in [0.4, 0.5) is 10.5 Å². The molecule has 6 aromatic rings. The van der Waals surface area contributed by atoms with Crippen LogP contribution >= 0.6 is 23.2 Å². The van der Waals surface area contributed by atoms with E-state index in [1.807, 2.05) is 13.8 Å². The molecule has 2 saturated heterocycles. The first-order chi connectivity index (χ1) is 63.3. The van der Waals surface area contributed by atoms with Gasteiger partial charge in [-0.1, -0.05) is 75.5 Å². The van der Waals surface area contributed by atoms with Crippen LogP contribution in [0.25, 0.3) is 11.1 Å². The number of aliphatic hydroxyl groups excluding tert-OH is 6. The van der Waals surface area contributed by atoms with E-state index in [0.717, 1.165) is 69.7 Å². The monoisotopic (exact) mass is 1880 g/mol. The summed E-state index contributed by atoms with van der Waals surface area (Å²) in [6, 6.07) is 11.0. The minimum Gasteiger partial charge on any atom is -0.507 e. The molecule has 0 aromatic heterocycles. The number of halogens is 2. The highest BCUT2D eigenvalue weighted by Gasteiger charge is 2.54. The number of aromatic hydroxyl groups is 3. The number of phenolic OH excluding ortho intramolecular Hbond substituents is 3. The third-order valence-electron chi connectivity index (χ3n) is 26.7. The van der Waals surface area contributed by atoms with Crippen molar-refractivity contribution in [2.24, 2.45) is 53.1 Å². The van der Waals surface area contributed by atoms with Crippen LogP contribution in [0.3, 0.4) is 0 Å². The van der Waals surface area contributed by atoms with Crippen molar-refractivity contribution in [3.05, 3.63) is 140 Å². The standard InChI is InChI=1S/C90H106Cl2N8O25.C6H13NO/c1-8-42(19-38(2)3)84(114)99-74-61(104)28-49(31-69(107)96-89(118)95-50-12-14-51(119-7)15-13-50)85(115)97-72-48-29-66(121-64-17-10-44(76(74)108)26-57(64)91)81(125-88-82(80(112)79(111)68(37-101)123-88)124-70-35-90(5,93)83(113)39(4)120-70)67(30-48)122-65-18-11-45(27-58(65)92)77(109)75-87(117)98-73(63(106)32-52-46-21-40-20-41(23-46)24-47(52)22-40)55-34-60(103)56(36-94-6)78(110)71(55)54-25-43(9-16-59(54)102)53(33-62(72)105)86(116)100-75;1-3-4-5-7-6(2)8/h9-18,25-27,29-30,34,38-42,46-47,49,52-53,68,70,72-77,79-80,82-83,88,94,101-103,108-113H,8,19-24,28,31-33,35-37,93H2,1-7H3,(H,97,115)(H,98,117)(H,99,114)(H,100,116)(H2,95,96,107,118);3-5H2,1-2H3,(H,7,8)/t39-,40?,41?,42+,46?,47?,49-,52?,53+,68+,70-,72+,73-,74-,75-,76+,77+,79+,80-,82+,83+,88-,90-;/m0./s1. The van der Waals surface area contributed by atoms with Crippen molar-refractivity contribution in [3.63, 3.8) is 0 Å². The maximum Gasteiger partial charge on any atom is 0.325 e. The third kappa shape index (κ3) is 22.8. The summed E-state index contributed by atoms with van der Waals surface area (Å²) in [6.45, 7) is 11.8. The summed E-state index contributed by atoms with van der Waals surface area (Å²) in [5, 5.41) is 129. The summed E-state index contributed by atoms with van der Waals surface area (Å²) in [5.74, 6) is -15.9. The van der Waals surface area contributed by atoms with Crippen molar-refractivity contribution in [3.8, 4) is 62.9 Å². The van der Waals surface area contributed by atoms with E-state index in [9.17, 15) is 65.1 Å². The number of methoxy groups -OCH3 is 1. The summed E-state index contributed by atoms with van der Waals surface area (Å²) in [6.07, 6.45) is -13.5. The minimum atomic E-state index is -2.27. The number of Topliss-reactive ketones (excluding diaryl/α,β-unsaturated/α-hetero) is 3. The number of carbonyl (C=O) groups excluding carboxylic acids is 10. The predicted molar refractivity (Wildman–Crippen MR) is 483 cm³/mol. The van der Waals surface area contributed by atoms with Crippen LogP contribution < -0.4 is 67.2 Å². The van der Waals surface area contributed by atoms with E-state index < -0.39 is 228 Å². The SMILES string of the molecule is CCCCNC(C)=O.CC[C@H](CC(C)C)C(=O)N[C@H]1C(=O)C[C@@H](CC(=O)NC(=O)Nc2ccc(OC)cc2)C(=O)N[C@H]2C(=O)C[C@H]3C(=O)N[C@H](C(=O)N[C@H](C(=O)CC4C5CC6CC(C5)CC4C6)c4cc(O)c(CNC)c(O)c4-c4cc3ccc4O)[C@H](O)c3ccc(c(Cl)c3)Oc3cc2cc(c3O[C@@H]2O[C@H](CO)[C@@H](O)[C@H](O)[C@H]2O[C@H]2C[C@](C)(N)[C@H](O)[C@H](C)O2)Oc2ccc(cc2Cl)[C@H]1O. The van der Waals surface area contributed by atoms with Crippen LogP contribution in [-0.2, 0) is 63.9 Å². The van der Waals surface area contributed by atoms with Crippen molar-refractivity contribution in [1.82, 2.24) is 37.2 Å². The van der Waals surface area contributed by atoms with Crippen molar-refractivity contribution in [1.29, 1.82) is 0 Å². The summed E-state index contributed by atoms with van der Waals surface area (Å²) < 4.78 is 44.5. The van der Waals surface area contributed by atoms with Crippen LogP contribution in [0.2, 0.25) is 10.0 Å². The molecule has 17 rings (SSSR count). The van der Waals surface area contributed by atoms with Gasteiger partial charge in [-0.2, -0.15) is 0 Å². The summed E-state index contributed by atoms with van der Waals surface area (Å²) in [5.41, 5.74) is 3.55. The first-order valence-electron chi connectivity index (χ1n) is 45.2. The molecule has 11 aliphatic rings. The molecule has 7 heterocycles. The molecule has 4 aliphatic carbocycles. The summed E-state index contributed by atoms with van der Waals surface area (Å²) in [7, 11) is 2.95. The highest BCUT2D eigenvalue weighted by Crippen LogP contribution is 2.59. The van der Waals surface area contributed by atoms with Crippen molar-refractivity contribution in [2.45, 2.75) is 242 Å². The van der Waals surface area contributed by atoms with Crippen LogP contribution in [0.1, 0.15) is 202 Å². The van der Waals surface area contributed by atoms with Crippen LogP contribution in [0.5, 0.6) is 51.7 Å². The van der Waals surface area contributed by atoms with Gasteiger partial charge in [-0.3, -0.25) is 48.5 Å². The maximum absolute atomic E-state index is 16.9. The van der Waals surface area contributed by atoms with Crippen molar-refractivity contribution in [2.75, 3.05) is 32.6 Å². The zero-order valence-corrected chi connectivity index (χ0v) is 76.8. The molecule has 7 aliphatic heterocycles. The van der Waals surface area contributed by atoms with Crippen molar-refractivity contribution < 1.29 is 127 Å². The van der Waals surface area contributed by atoms with Gasteiger partial charge >= 0.3 is 6.03 Å². The van der Waals surface area contributed by atoms with Gasteiger partial charge in [-0.05, 0) is 214 Å². The first-order valence-corrected chi connectivity index (χ1v) is 45.9. The molecule has 4 saturated carbocycles. The summed E-state index contributed by atoms with van der Waals surface area (Å²) in [4.78, 5) is 150. The average molecular weight is 1890 g/mol. The Balaban J connectivity index is 0.00000179. The van der Waals surface area contributed by atoms with Gasteiger partial charge in [-0.15, -0.1) is 0 Å². The molecule has 6 aromatic carbocycles. The maximum atomic E-state index is 16.9. The topological polar surface area (TPSA) is 540 Å². The molecule has 35 nitrogen and oxygen atoms in total. The fourth-order valence-corrected chi connectivity index (χ4v) is 20.3. The number of rotatable bonds is 22. The molecular weight excluding hydrogens is 1770 g/mol. The Morgan fingerprint density at radius 1 is 0.707 bits per heavy atom. The number of nitrogens with two attached hydrogens (primary N) is 1. The Morgan fingerprint density at radius 2 is 1.35 bits per heavy atom. The number of anilines is 1. The smallest absolute Gasteiger partial charge is 0.325 e. The molecule has 718 valence electrons. The number of amides is 8. The van der Waals surface area contributed by atoms with E-state index in [2.05, 4.69) is 49.5 Å². The lowest BCUT2D eigenvalue weighted by Gasteiger charge is -2.54. The van der Waals surface area contributed by atoms with Gasteiger partial charge in [0.05, 0.1) is 53.4 Å². The lowest BCUT2D eigenvalue weighted by molar-refractivity contribution is -0.333. The molecule has 18 atom stereocenters. The molecule has 0 unspecified atom stereocenters. The van der Waals surface area contributed by atoms with E-state index in [1.165, 1.54) is 114 Å². The molecule has 8 amide bonds. The zero-order valence-electron chi connectivity index (χ0n) is 75.3. The Morgan fingerprint density at radius 3 is 1.93 bits per heavy atom. The lowest BCUT2D eigenvalue weighted by atomic mass is 9.51. The number of ketones is 3. The fraction of sp³-hybridized carbons (Fsp3) is 0.521. The van der Waals surface area contributed by atoms with Gasteiger partial charge in [-0.25, -0.2) is 4.79 Å². The van der Waals surface area contributed by atoms with E-state index in [1.54, 1.807) is 6.92 Å². The number of aliphatic hydroxyl groups is 6. The number of hydrogen-bond acceptors (Lipinski definition) is 28. The van der Waals surface area contributed by atoms with Crippen LogP contribution in [-0.4, -0.2) is 199 Å². The Kier molecular flexibility index (Phi) is 32.2. The number of urea groups is 1. The number of phenols is 3. The number of nitrogens with one attached hydrogen (secondary N) is 8. The van der Waals surface area contributed by atoms with E-state index >= 15 is 28.8 Å². The number of ether oxygens (including phenoxy) is 7. The van der Waals surface area contributed by atoms with Gasteiger partial charge in [0.15, 0.2) is 41.2 Å². The van der Waals surface area contributed by atoms with Gasteiger partial charge in [0.2, 0.25) is 47.5 Å². The number of benzene rings is 6. The second-order valence-corrected chi connectivity index (χ2v) is 37.7. The molecule has 37 heteroatoms. The van der Waals surface area contributed by atoms with Crippen LogP contribution in [0, 0.1) is 47.3 Å². The molecule has 0 spiro atoms. The van der Waals surface area contributed by atoms with Gasteiger partial charge < -0.3 is 122 Å². The third-order valence-corrected chi connectivity index (χ3v) is 27.3. The molecule has 19 N–H and O–H groups in total. The predicted octanol–water partition coefficient (Wildman–Crippen LogP) is 8.98. The second kappa shape index (κ2) is 42.9. The number of imide groups is 1. The Labute approximate surface area is 778 Å². The molecular formula is C96H119Cl2N9O26. The Hall–Kier alpha value is -10.6. The highest BCUT2D eigenvalue weighted by molar-refractivity contribution is 6.32. The first kappa shape index (κ1) is 99.8. The van der Waals surface area contributed by atoms with Gasteiger partial charge in [0.1, 0.15) is 89.2 Å². The number of carbonyl (C=O) groups is 10. The van der Waals surface area contributed by atoms with E-state index in [4.69, 9.17) is 62.1 Å². The van der Waals surface area contributed by atoms with Crippen LogP contribution in [0.15, 0.2) is 97.1 Å². The molecule has 133 heavy (non-hydrogen) atoms. The van der Waals surface area contributed by atoms with E-state index in [0.29, 0.717) is 24.0 Å². The quantitative estimate of drug-likeness (QED) is 0.0282. The van der Waals surface area contributed by atoms with Gasteiger partial charge in [0, 0.05) is 80.4 Å². The minimum absolute atomic E-state index is 0.0564. The highest BCUT2D eigenvalue weighted by atomic mass is 35.5. The number of fused-ring (bicyclic) bond motifs is 15. The number of hydrogen-bond donors (Lipinski definition) is 18. The van der Waals surface area contributed by atoms with Gasteiger partial charge in [0.25, 0.3) is 0 Å². The lowest BCUT2D eigenvalue weighted by Crippen LogP contribution is -2.64.